The van der Waals surface area contributed by atoms with Crippen molar-refractivity contribution in [3.63, 3.8) is 0 Å². The first-order valence-corrected chi connectivity index (χ1v) is 6.61. The summed E-state index contributed by atoms with van der Waals surface area (Å²) in [6.07, 6.45) is 1.52. The van der Waals surface area contributed by atoms with Crippen molar-refractivity contribution in [2.75, 3.05) is 0 Å². The van der Waals surface area contributed by atoms with Gasteiger partial charge >= 0.3 is 5.97 Å². The van der Waals surface area contributed by atoms with Crippen molar-refractivity contribution in [2.45, 2.75) is 6.92 Å². The number of benzene rings is 2. The number of carbonyl (C=O) groups is 1. The zero-order chi connectivity index (χ0) is 15.7. The fraction of sp³-hybridized carbons (Fsp3) is 0.0625. The van der Waals surface area contributed by atoms with Crippen LogP contribution in [-0.2, 0) is 4.79 Å². The monoisotopic (exact) mass is 295 g/mol. The molecule has 2 N–H and O–H groups in total. The number of hydrogen-bond acceptors (Lipinski definition) is 4. The van der Waals surface area contributed by atoms with Gasteiger partial charge in [-0.1, -0.05) is 18.2 Å². The number of phenols is 1. The first-order valence-electron chi connectivity index (χ1n) is 6.61. The van der Waals surface area contributed by atoms with Gasteiger partial charge in [0.05, 0.1) is 0 Å². The van der Waals surface area contributed by atoms with Crippen molar-refractivity contribution < 1.29 is 15.0 Å². The molecule has 3 rings (SSSR count). The summed E-state index contributed by atoms with van der Waals surface area (Å²) >= 11 is 0. The molecule has 0 aliphatic carbocycles. The summed E-state index contributed by atoms with van der Waals surface area (Å²) in [6.45, 7) is 1.51. The number of carboxylic acids is 1. The number of carboxylic acid groups (broad SMARTS) is 1. The molecule has 0 spiro atoms. The molecule has 2 aromatic carbocycles. The Morgan fingerprint density at radius 3 is 2.36 bits per heavy atom. The van der Waals surface area contributed by atoms with Crippen LogP contribution in [0.2, 0.25) is 0 Å². The highest BCUT2D eigenvalue weighted by atomic mass is 16.4. The Labute approximate surface area is 125 Å². The molecule has 22 heavy (non-hydrogen) atoms. The van der Waals surface area contributed by atoms with Crippen LogP contribution in [0.5, 0.6) is 5.75 Å². The normalized spacial score (nSPS) is 11.8. The molecule has 6 heteroatoms. The van der Waals surface area contributed by atoms with Crippen molar-refractivity contribution in [1.29, 1.82) is 0 Å². The maximum absolute atomic E-state index is 10.9. The minimum absolute atomic E-state index is 0.0189. The quantitative estimate of drug-likeness (QED) is 0.725. The number of phenolic OH excluding ortho intramolecular Hbond substituents is 1. The minimum Gasteiger partial charge on any atom is -0.506 e. The molecule has 0 bridgehead atoms. The standard InChI is InChI=1S/C16H13N3O3/c1-10(16(21)22)8-11-6-7-15(20)14(9-11)19-17-12-4-2-3-5-13(12)18-19/h2-9,20H,1H3,(H,21,22). The smallest absolute Gasteiger partial charge is 0.331 e. The van der Waals surface area contributed by atoms with E-state index in [0.717, 1.165) is 0 Å². The van der Waals surface area contributed by atoms with Gasteiger partial charge in [0, 0.05) is 5.57 Å². The number of fused-ring (bicyclic) bond motifs is 1. The lowest BCUT2D eigenvalue weighted by molar-refractivity contribution is -0.132. The molecule has 0 radical (unpaired) electrons. The number of nitrogens with zero attached hydrogens (tertiary/aromatic N) is 3. The number of aromatic hydroxyl groups is 1. The number of aliphatic carboxylic acids is 1. The highest BCUT2D eigenvalue weighted by Gasteiger charge is 2.09. The predicted molar refractivity (Wildman–Crippen MR) is 81.8 cm³/mol. The van der Waals surface area contributed by atoms with Crippen molar-refractivity contribution in [3.8, 4) is 11.4 Å². The molecular weight excluding hydrogens is 282 g/mol. The molecule has 0 aliphatic rings. The van der Waals surface area contributed by atoms with E-state index in [0.29, 0.717) is 22.3 Å². The van der Waals surface area contributed by atoms with E-state index in [1.807, 2.05) is 24.3 Å². The molecule has 6 nitrogen and oxygen atoms in total. The Kier molecular flexibility index (Phi) is 3.34. The number of hydrogen-bond donors (Lipinski definition) is 2. The molecule has 0 aliphatic heterocycles. The van der Waals surface area contributed by atoms with Gasteiger partial charge in [-0.15, -0.1) is 15.0 Å². The van der Waals surface area contributed by atoms with Gasteiger partial charge in [-0.05, 0) is 42.8 Å². The lowest BCUT2D eigenvalue weighted by Gasteiger charge is -2.04. The van der Waals surface area contributed by atoms with Gasteiger partial charge in [-0.25, -0.2) is 4.79 Å². The average molecular weight is 295 g/mol. The van der Waals surface area contributed by atoms with E-state index < -0.39 is 5.97 Å². The van der Waals surface area contributed by atoms with Crippen LogP contribution in [0.1, 0.15) is 12.5 Å². The molecule has 0 unspecified atom stereocenters. The average Bonchev–Trinajstić information content (AvgIpc) is 2.92. The van der Waals surface area contributed by atoms with Crippen LogP contribution < -0.4 is 0 Å². The fourth-order valence-electron chi connectivity index (χ4n) is 2.07. The summed E-state index contributed by atoms with van der Waals surface area (Å²) in [7, 11) is 0. The van der Waals surface area contributed by atoms with Crippen molar-refractivity contribution in [2.24, 2.45) is 0 Å². The second-order valence-electron chi connectivity index (χ2n) is 4.86. The van der Waals surface area contributed by atoms with Crippen molar-refractivity contribution >= 4 is 23.1 Å². The molecule has 0 amide bonds. The topological polar surface area (TPSA) is 88.2 Å². The lowest BCUT2D eigenvalue weighted by atomic mass is 10.1. The largest absolute Gasteiger partial charge is 0.506 e. The minimum atomic E-state index is -0.988. The van der Waals surface area contributed by atoms with E-state index in [1.165, 1.54) is 23.9 Å². The van der Waals surface area contributed by atoms with Crippen LogP contribution in [-0.4, -0.2) is 31.2 Å². The maximum atomic E-state index is 10.9. The highest BCUT2D eigenvalue weighted by molar-refractivity contribution is 5.91. The van der Waals surface area contributed by atoms with Gasteiger partial charge in [-0.2, -0.15) is 0 Å². The third-order valence-electron chi connectivity index (χ3n) is 3.22. The van der Waals surface area contributed by atoms with Crippen molar-refractivity contribution in [3.05, 3.63) is 53.6 Å². The SMILES string of the molecule is CC(=Cc1ccc(O)c(-n2nc3ccccc3n2)c1)C(=O)O. The molecule has 110 valence electrons. The zero-order valence-electron chi connectivity index (χ0n) is 11.8. The molecular formula is C16H13N3O3. The molecule has 1 aromatic heterocycles. The Morgan fingerprint density at radius 1 is 1.14 bits per heavy atom. The maximum Gasteiger partial charge on any atom is 0.331 e. The van der Waals surface area contributed by atoms with E-state index in [9.17, 15) is 9.90 Å². The summed E-state index contributed by atoms with van der Waals surface area (Å²) < 4.78 is 0. The van der Waals surface area contributed by atoms with Crippen LogP contribution >= 0.6 is 0 Å². The van der Waals surface area contributed by atoms with E-state index in [-0.39, 0.29) is 11.3 Å². The van der Waals surface area contributed by atoms with Crippen LogP contribution in [0, 0.1) is 0 Å². The second kappa shape index (κ2) is 5.33. The third kappa shape index (κ3) is 2.54. The first kappa shape index (κ1) is 13.8. The van der Waals surface area contributed by atoms with Gasteiger partial charge in [0.15, 0.2) is 0 Å². The second-order valence-corrected chi connectivity index (χ2v) is 4.86. The van der Waals surface area contributed by atoms with Crippen LogP contribution in [0.4, 0.5) is 0 Å². The predicted octanol–water partition coefficient (Wildman–Crippen LogP) is 2.61. The summed E-state index contributed by atoms with van der Waals surface area (Å²) in [5, 5.41) is 27.6. The zero-order valence-corrected chi connectivity index (χ0v) is 11.8. The Bertz CT molecular complexity index is 864. The lowest BCUT2D eigenvalue weighted by Crippen LogP contribution is -2.00. The van der Waals surface area contributed by atoms with Gasteiger partial charge < -0.3 is 10.2 Å². The Balaban J connectivity index is 2.10. The van der Waals surface area contributed by atoms with E-state index in [4.69, 9.17) is 5.11 Å². The van der Waals surface area contributed by atoms with Crippen molar-refractivity contribution in [1.82, 2.24) is 15.0 Å². The van der Waals surface area contributed by atoms with Gasteiger partial charge in [0.1, 0.15) is 22.5 Å². The van der Waals surface area contributed by atoms with Crippen LogP contribution in [0.3, 0.4) is 0 Å². The van der Waals surface area contributed by atoms with E-state index in [1.54, 1.807) is 12.1 Å². The summed E-state index contributed by atoms with van der Waals surface area (Å²) in [5.41, 5.74) is 2.67. The molecule has 1 heterocycles. The Morgan fingerprint density at radius 2 is 1.77 bits per heavy atom. The molecule has 0 atom stereocenters. The van der Waals surface area contributed by atoms with Crippen LogP contribution in [0.25, 0.3) is 22.8 Å². The third-order valence-corrected chi connectivity index (χ3v) is 3.22. The molecule has 0 saturated carbocycles. The fourth-order valence-corrected chi connectivity index (χ4v) is 2.07. The number of aromatic nitrogens is 3. The highest BCUT2D eigenvalue weighted by Crippen LogP contribution is 2.24. The molecule has 3 aromatic rings. The Hall–Kier alpha value is -3.15. The summed E-state index contributed by atoms with van der Waals surface area (Å²) in [4.78, 5) is 12.2. The first-order chi connectivity index (χ1) is 10.5. The van der Waals surface area contributed by atoms with Gasteiger partial charge in [0.25, 0.3) is 0 Å². The van der Waals surface area contributed by atoms with E-state index in [2.05, 4.69) is 10.2 Å². The van der Waals surface area contributed by atoms with E-state index >= 15 is 0 Å². The van der Waals surface area contributed by atoms with Crippen LogP contribution in [0.15, 0.2) is 48.0 Å². The molecule has 0 fully saturated rings. The summed E-state index contributed by atoms with van der Waals surface area (Å²) in [5.74, 6) is -0.969. The number of rotatable bonds is 3. The van der Waals surface area contributed by atoms with Gasteiger partial charge in [0.2, 0.25) is 0 Å². The molecule has 0 saturated heterocycles. The summed E-state index contributed by atoms with van der Waals surface area (Å²) in [6, 6.07) is 12.1. The van der Waals surface area contributed by atoms with Gasteiger partial charge in [-0.3, -0.25) is 0 Å².